The Kier molecular flexibility index (Phi) is 7.69. The number of nitrogens with zero attached hydrogens (tertiary/aromatic N) is 1. The van der Waals surface area contributed by atoms with Crippen LogP contribution < -0.4 is 4.72 Å². The lowest BCUT2D eigenvalue weighted by Crippen LogP contribution is -2.32. The molecule has 0 spiro atoms. The fourth-order valence-electron chi connectivity index (χ4n) is 3.24. The van der Waals surface area contributed by atoms with Gasteiger partial charge in [-0.15, -0.1) is 11.8 Å². The number of thioether (sulfide) groups is 1. The quantitative estimate of drug-likeness (QED) is 0.662. The third-order valence-corrected chi connectivity index (χ3v) is 7.02. The molecule has 0 fully saturated rings. The molecule has 0 radical (unpaired) electrons. The van der Waals surface area contributed by atoms with Crippen LogP contribution in [0.15, 0.2) is 46.2 Å². The predicted molar refractivity (Wildman–Crippen MR) is 115 cm³/mol. The van der Waals surface area contributed by atoms with Gasteiger partial charge >= 0.3 is 0 Å². The predicted octanol–water partition coefficient (Wildman–Crippen LogP) is 3.66. The number of rotatable bonds is 8. The Balaban J connectivity index is 1.93. The summed E-state index contributed by atoms with van der Waals surface area (Å²) in [7, 11) is -1.92. The molecule has 0 aliphatic rings. The van der Waals surface area contributed by atoms with Crippen LogP contribution in [0.3, 0.4) is 0 Å². The summed E-state index contributed by atoms with van der Waals surface area (Å²) in [6.45, 7) is 6.08. The monoisotopic (exact) mass is 420 g/mol. The van der Waals surface area contributed by atoms with Crippen molar-refractivity contribution in [1.82, 2.24) is 9.62 Å². The molecule has 2 aromatic carbocycles. The first kappa shape index (κ1) is 22.5. The summed E-state index contributed by atoms with van der Waals surface area (Å²) in [4.78, 5) is 15.4. The number of hydrogen-bond donors (Lipinski definition) is 1. The van der Waals surface area contributed by atoms with E-state index in [1.165, 1.54) is 4.90 Å². The van der Waals surface area contributed by atoms with E-state index in [4.69, 9.17) is 0 Å². The number of carbonyl (C=O) groups is 1. The van der Waals surface area contributed by atoms with Gasteiger partial charge in [0.2, 0.25) is 15.9 Å². The van der Waals surface area contributed by atoms with Crippen molar-refractivity contribution in [3.05, 3.63) is 58.7 Å². The minimum absolute atomic E-state index is 0.0731. The van der Waals surface area contributed by atoms with E-state index < -0.39 is 10.0 Å². The maximum atomic E-state index is 12.6. The third kappa shape index (κ3) is 5.83. The summed E-state index contributed by atoms with van der Waals surface area (Å²) in [6, 6.07) is 11.8. The van der Waals surface area contributed by atoms with Crippen molar-refractivity contribution in [2.24, 2.45) is 0 Å². The first-order chi connectivity index (χ1) is 13.1. The van der Waals surface area contributed by atoms with Gasteiger partial charge in [-0.3, -0.25) is 4.79 Å². The van der Waals surface area contributed by atoms with Crippen LogP contribution >= 0.6 is 11.8 Å². The number of carbonyl (C=O) groups excluding carboxylic acids is 1. The molecule has 0 aliphatic carbocycles. The maximum absolute atomic E-state index is 12.6. The Morgan fingerprint density at radius 1 is 1.07 bits per heavy atom. The first-order valence-electron chi connectivity index (χ1n) is 9.08. The van der Waals surface area contributed by atoms with Crippen LogP contribution in [-0.4, -0.2) is 39.1 Å². The lowest BCUT2D eigenvalue weighted by atomic mass is 10.1. The zero-order valence-electron chi connectivity index (χ0n) is 17.1. The van der Waals surface area contributed by atoms with Crippen LogP contribution in [-0.2, 0) is 21.4 Å². The van der Waals surface area contributed by atoms with Crippen LogP contribution in [0.5, 0.6) is 0 Å². The molecule has 5 nitrogen and oxygen atoms in total. The van der Waals surface area contributed by atoms with Gasteiger partial charge in [-0.1, -0.05) is 29.8 Å². The number of amides is 1. The van der Waals surface area contributed by atoms with Crippen LogP contribution in [0.4, 0.5) is 0 Å². The van der Waals surface area contributed by atoms with Crippen molar-refractivity contribution in [1.29, 1.82) is 0 Å². The van der Waals surface area contributed by atoms with E-state index in [1.807, 2.05) is 49.6 Å². The SMILES string of the molecule is CSc1ccc(CN(C)C(=O)CCNS(=O)(=O)c2c(C)cc(C)cc2C)cc1. The Labute approximate surface area is 172 Å². The summed E-state index contributed by atoms with van der Waals surface area (Å²) < 4.78 is 27.9. The van der Waals surface area contributed by atoms with Crippen LogP contribution in [0.25, 0.3) is 0 Å². The molecular formula is C21H28N2O3S2. The number of aryl methyl sites for hydroxylation is 3. The van der Waals surface area contributed by atoms with Crippen LogP contribution in [0.2, 0.25) is 0 Å². The average molecular weight is 421 g/mol. The molecule has 0 bridgehead atoms. The molecule has 0 saturated heterocycles. The van der Waals surface area contributed by atoms with E-state index >= 15 is 0 Å². The number of benzene rings is 2. The fraction of sp³-hybridized carbons (Fsp3) is 0.381. The van der Waals surface area contributed by atoms with Crippen LogP contribution in [0, 0.1) is 20.8 Å². The normalized spacial score (nSPS) is 11.5. The van der Waals surface area contributed by atoms with Gasteiger partial charge < -0.3 is 4.90 Å². The summed E-state index contributed by atoms with van der Waals surface area (Å²) in [5, 5.41) is 0. The molecule has 0 unspecified atom stereocenters. The highest BCUT2D eigenvalue weighted by Crippen LogP contribution is 2.21. The van der Waals surface area contributed by atoms with E-state index in [2.05, 4.69) is 4.72 Å². The second kappa shape index (κ2) is 9.58. The molecular weight excluding hydrogens is 392 g/mol. The highest BCUT2D eigenvalue weighted by Gasteiger charge is 2.20. The van der Waals surface area contributed by atoms with Gasteiger partial charge in [0.1, 0.15) is 0 Å². The molecule has 1 N–H and O–H groups in total. The molecule has 0 heterocycles. The number of sulfonamides is 1. The topological polar surface area (TPSA) is 66.5 Å². The van der Waals surface area contributed by atoms with Crippen molar-refractivity contribution in [3.8, 4) is 0 Å². The van der Waals surface area contributed by atoms with Gasteiger partial charge in [-0.05, 0) is 55.9 Å². The zero-order chi connectivity index (χ0) is 20.9. The summed E-state index contributed by atoms with van der Waals surface area (Å²) in [6.07, 6.45) is 2.13. The molecule has 28 heavy (non-hydrogen) atoms. The molecule has 2 aromatic rings. The lowest BCUT2D eigenvalue weighted by molar-refractivity contribution is -0.130. The van der Waals surface area contributed by atoms with E-state index in [0.717, 1.165) is 11.1 Å². The number of nitrogens with one attached hydrogen (secondary N) is 1. The van der Waals surface area contributed by atoms with E-state index in [1.54, 1.807) is 37.6 Å². The van der Waals surface area contributed by atoms with Gasteiger partial charge in [-0.2, -0.15) is 0 Å². The van der Waals surface area contributed by atoms with Crippen molar-refractivity contribution in [2.75, 3.05) is 19.8 Å². The van der Waals surface area contributed by atoms with Gasteiger partial charge in [-0.25, -0.2) is 13.1 Å². The molecule has 1 amide bonds. The maximum Gasteiger partial charge on any atom is 0.241 e. The Hall–Kier alpha value is -1.83. The lowest BCUT2D eigenvalue weighted by Gasteiger charge is -2.18. The molecule has 2 rings (SSSR count). The Bertz CT molecular complexity index is 916. The highest BCUT2D eigenvalue weighted by molar-refractivity contribution is 7.98. The van der Waals surface area contributed by atoms with Crippen molar-refractivity contribution in [3.63, 3.8) is 0 Å². The standard InChI is InChI=1S/C21H28N2O3S2/c1-15-12-16(2)21(17(3)13-15)28(25,26)22-11-10-20(24)23(4)14-18-6-8-19(27-5)9-7-18/h6-9,12-13,22H,10-11,14H2,1-5H3. The molecule has 0 saturated carbocycles. The van der Waals surface area contributed by atoms with E-state index in [-0.39, 0.29) is 18.9 Å². The van der Waals surface area contributed by atoms with Crippen molar-refractivity contribution >= 4 is 27.7 Å². The second-order valence-electron chi connectivity index (χ2n) is 6.97. The molecule has 7 heteroatoms. The van der Waals surface area contributed by atoms with Gasteiger partial charge in [0.25, 0.3) is 0 Å². The zero-order valence-corrected chi connectivity index (χ0v) is 18.7. The van der Waals surface area contributed by atoms with Crippen molar-refractivity contribution < 1.29 is 13.2 Å². The minimum Gasteiger partial charge on any atom is -0.341 e. The first-order valence-corrected chi connectivity index (χ1v) is 11.8. The van der Waals surface area contributed by atoms with Crippen molar-refractivity contribution in [2.45, 2.75) is 43.5 Å². The fourth-order valence-corrected chi connectivity index (χ4v) is 5.13. The summed E-state index contributed by atoms with van der Waals surface area (Å²) in [5.41, 5.74) is 3.49. The summed E-state index contributed by atoms with van der Waals surface area (Å²) in [5.74, 6) is -0.103. The number of hydrogen-bond acceptors (Lipinski definition) is 4. The summed E-state index contributed by atoms with van der Waals surface area (Å²) >= 11 is 1.67. The van der Waals surface area contributed by atoms with Gasteiger partial charge in [0, 0.05) is 31.5 Å². The smallest absolute Gasteiger partial charge is 0.241 e. The van der Waals surface area contributed by atoms with Gasteiger partial charge in [0.05, 0.1) is 4.90 Å². The average Bonchev–Trinajstić information content (AvgIpc) is 2.60. The highest BCUT2D eigenvalue weighted by atomic mass is 32.2. The minimum atomic E-state index is -3.65. The molecule has 0 aromatic heterocycles. The Morgan fingerprint density at radius 3 is 2.18 bits per heavy atom. The molecule has 0 aliphatic heterocycles. The van der Waals surface area contributed by atoms with E-state index in [9.17, 15) is 13.2 Å². The van der Waals surface area contributed by atoms with Crippen LogP contribution in [0.1, 0.15) is 28.7 Å². The third-order valence-electron chi connectivity index (χ3n) is 4.51. The largest absolute Gasteiger partial charge is 0.341 e. The van der Waals surface area contributed by atoms with E-state index in [0.29, 0.717) is 22.6 Å². The second-order valence-corrected chi connectivity index (χ2v) is 9.56. The van der Waals surface area contributed by atoms with Gasteiger partial charge in [0.15, 0.2) is 0 Å². The molecule has 152 valence electrons. The Morgan fingerprint density at radius 2 is 1.64 bits per heavy atom. The molecule has 0 atom stereocenters.